The largest absolute Gasteiger partial charge is 0.300 e. The minimum Gasteiger partial charge on any atom is -0.300 e. The summed E-state index contributed by atoms with van der Waals surface area (Å²) in [5.74, 6) is 7.11. The van der Waals surface area contributed by atoms with Crippen LogP contribution in [0.4, 0.5) is 0 Å². The summed E-state index contributed by atoms with van der Waals surface area (Å²) in [5, 5.41) is 1.35. The molecule has 0 unspecified atom stereocenters. The van der Waals surface area contributed by atoms with E-state index < -0.39 is 5.41 Å². The third kappa shape index (κ3) is 6.16. The third-order valence-corrected chi connectivity index (χ3v) is 6.70. The average molecular weight is 509 g/mol. The van der Waals surface area contributed by atoms with Crippen molar-refractivity contribution in [2.75, 3.05) is 0 Å². The summed E-state index contributed by atoms with van der Waals surface area (Å²) < 4.78 is 0. The normalized spacial score (nSPS) is 10.8. The Morgan fingerprint density at radius 3 is 1.58 bits per heavy atom. The fourth-order valence-electron chi connectivity index (χ4n) is 4.29. The molecule has 1 nitrogen and oxygen atoms in total. The Balaban J connectivity index is 1.89. The molecule has 178 valence electrons. The Morgan fingerprint density at radius 1 is 0.722 bits per heavy atom. The minimum absolute atomic E-state index is 0.145. The standard InChI is InChI=1S/C33H26Cl2O/c1-25(36)22-24-33(28-9-4-2-5-10-28,29-11-6-3-7-12-29)23-8-13-32(26-14-18-30(34)19-15-26)27-16-20-31(35)21-17-27/h2-7,9-21H,22,24H2,1H3. The molecule has 4 aromatic carbocycles. The Bertz CT molecular complexity index is 1310. The number of halogens is 2. The molecule has 0 saturated carbocycles. The summed E-state index contributed by atoms with van der Waals surface area (Å²) >= 11 is 12.3. The number of rotatable bonds is 7. The van der Waals surface area contributed by atoms with Crippen LogP contribution in [0.1, 0.15) is 42.0 Å². The molecule has 0 bridgehead atoms. The Labute approximate surface area is 223 Å². The lowest BCUT2D eigenvalue weighted by molar-refractivity contribution is -0.117. The number of carbonyl (C=O) groups is 1. The van der Waals surface area contributed by atoms with Gasteiger partial charge in [0.2, 0.25) is 0 Å². The molecule has 0 N–H and O–H groups in total. The zero-order valence-electron chi connectivity index (χ0n) is 20.0. The summed E-state index contributed by atoms with van der Waals surface area (Å²) in [4.78, 5) is 12.1. The van der Waals surface area contributed by atoms with Gasteiger partial charge in [0.15, 0.2) is 0 Å². The summed E-state index contributed by atoms with van der Waals surface area (Å²) in [6.07, 6.45) is 2.97. The van der Waals surface area contributed by atoms with Gasteiger partial charge in [0.05, 0.1) is 5.41 Å². The van der Waals surface area contributed by atoms with E-state index >= 15 is 0 Å². The molecule has 0 spiro atoms. The molecule has 3 heteroatoms. The van der Waals surface area contributed by atoms with Gasteiger partial charge in [0.25, 0.3) is 0 Å². The van der Waals surface area contributed by atoms with E-state index in [1.165, 1.54) is 0 Å². The first-order valence-corrected chi connectivity index (χ1v) is 12.6. The van der Waals surface area contributed by atoms with Gasteiger partial charge in [-0.15, -0.1) is 0 Å². The van der Waals surface area contributed by atoms with Crippen LogP contribution in [-0.2, 0) is 10.2 Å². The topological polar surface area (TPSA) is 17.1 Å². The lowest BCUT2D eigenvalue weighted by atomic mass is 9.71. The molecule has 0 saturated heterocycles. The molecular weight excluding hydrogens is 483 g/mol. The van der Waals surface area contributed by atoms with E-state index in [1.807, 2.05) is 91.0 Å². The summed E-state index contributed by atoms with van der Waals surface area (Å²) in [6.45, 7) is 1.63. The lowest BCUT2D eigenvalue weighted by Gasteiger charge is -2.30. The fraction of sp³-hybridized carbons (Fsp3) is 0.121. The lowest BCUT2D eigenvalue weighted by Crippen LogP contribution is -2.27. The quantitative estimate of drug-likeness (QED) is 0.228. The van der Waals surface area contributed by atoms with Gasteiger partial charge in [-0.05, 0) is 71.5 Å². The van der Waals surface area contributed by atoms with E-state index in [9.17, 15) is 4.79 Å². The van der Waals surface area contributed by atoms with Crippen LogP contribution in [-0.4, -0.2) is 5.78 Å². The molecule has 0 heterocycles. The van der Waals surface area contributed by atoms with Gasteiger partial charge < -0.3 is 4.79 Å². The fourth-order valence-corrected chi connectivity index (χ4v) is 4.55. The first-order valence-electron chi connectivity index (χ1n) is 11.8. The molecule has 0 fully saturated rings. The number of ketones is 1. The van der Waals surface area contributed by atoms with Gasteiger partial charge in [-0.2, -0.15) is 0 Å². The number of Topliss-reactive ketones (excluding diaryl/α,β-unsaturated/α-hetero) is 1. The molecule has 0 aromatic heterocycles. The van der Waals surface area contributed by atoms with Crippen LogP contribution in [0.3, 0.4) is 0 Å². The van der Waals surface area contributed by atoms with Crippen LogP contribution >= 0.6 is 23.2 Å². The van der Waals surface area contributed by atoms with Gasteiger partial charge in [0, 0.05) is 16.5 Å². The van der Waals surface area contributed by atoms with Gasteiger partial charge >= 0.3 is 0 Å². The van der Waals surface area contributed by atoms with E-state index in [2.05, 4.69) is 36.1 Å². The predicted molar refractivity (Wildman–Crippen MR) is 151 cm³/mol. The van der Waals surface area contributed by atoms with E-state index in [-0.39, 0.29) is 5.78 Å². The molecule has 4 aromatic rings. The smallest absolute Gasteiger partial charge is 0.129 e. The van der Waals surface area contributed by atoms with Crippen molar-refractivity contribution >= 4 is 34.6 Å². The maximum Gasteiger partial charge on any atom is 0.129 e. The highest BCUT2D eigenvalue weighted by molar-refractivity contribution is 6.31. The Kier molecular flexibility index (Phi) is 8.44. The summed E-state index contributed by atoms with van der Waals surface area (Å²) in [6, 6.07) is 35.9. The highest BCUT2D eigenvalue weighted by atomic mass is 35.5. The van der Waals surface area contributed by atoms with E-state index in [4.69, 9.17) is 23.2 Å². The maximum absolute atomic E-state index is 12.1. The van der Waals surface area contributed by atoms with Crippen LogP contribution in [0, 0.1) is 11.8 Å². The van der Waals surface area contributed by atoms with Crippen molar-refractivity contribution < 1.29 is 4.79 Å². The molecular formula is C33H26Cl2O. The zero-order chi connectivity index (χ0) is 25.4. The van der Waals surface area contributed by atoms with Crippen molar-refractivity contribution in [3.8, 4) is 11.8 Å². The number of benzene rings is 4. The number of hydrogen-bond donors (Lipinski definition) is 0. The van der Waals surface area contributed by atoms with Crippen LogP contribution in [0.2, 0.25) is 10.0 Å². The first kappa shape index (κ1) is 25.5. The number of carbonyl (C=O) groups excluding carboxylic acids is 1. The molecule has 0 atom stereocenters. The highest BCUT2D eigenvalue weighted by Crippen LogP contribution is 2.37. The molecule has 0 amide bonds. The monoisotopic (exact) mass is 508 g/mol. The van der Waals surface area contributed by atoms with Gasteiger partial charge in [-0.25, -0.2) is 0 Å². The number of hydrogen-bond acceptors (Lipinski definition) is 1. The van der Waals surface area contributed by atoms with E-state index in [0.717, 1.165) is 27.8 Å². The third-order valence-electron chi connectivity index (χ3n) is 6.20. The summed E-state index contributed by atoms with van der Waals surface area (Å²) in [5.41, 5.74) is 4.48. The molecule has 0 aliphatic heterocycles. The van der Waals surface area contributed by atoms with Crippen molar-refractivity contribution in [1.82, 2.24) is 0 Å². The van der Waals surface area contributed by atoms with Crippen molar-refractivity contribution in [1.29, 1.82) is 0 Å². The minimum atomic E-state index is -0.629. The van der Waals surface area contributed by atoms with Crippen LogP contribution in [0.15, 0.2) is 115 Å². The predicted octanol–water partition coefficient (Wildman–Crippen LogP) is 8.78. The summed E-state index contributed by atoms with van der Waals surface area (Å²) in [7, 11) is 0. The highest BCUT2D eigenvalue weighted by Gasteiger charge is 2.32. The zero-order valence-corrected chi connectivity index (χ0v) is 21.6. The molecule has 4 rings (SSSR count). The van der Waals surface area contributed by atoms with Gasteiger partial charge in [-0.3, -0.25) is 0 Å². The van der Waals surface area contributed by atoms with Crippen molar-refractivity contribution in [3.63, 3.8) is 0 Å². The second-order valence-electron chi connectivity index (χ2n) is 8.68. The SMILES string of the molecule is CC(=O)CCC(C#CC=C(c1ccc(Cl)cc1)c1ccc(Cl)cc1)(c1ccccc1)c1ccccc1. The molecule has 36 heavy (non-hydrogen) atoms. The maximum atomic E-state index is 12.1. The van der Waals surface area contributed by atoms with Gasteiger partial charge in [-0.1, -0.05) is 120 Å². The van der Waals surface area contributed by atoms with E-state index in [0.29, 0.717) is 22.9 Å². The Hall–Kier alpha value is -3.57. The average Bonchev–Trinajstić information content (AvgIpc) is 2.91. The van der Waals surface area contributed by atoms with Crippen molar-refractivity contribution in [2.24, 2.45) is 0 Å². The molecule has 0 aliphatic carbocycles. The van der Waals surface area contributed by atoms with Crippen molar-refractivity contribution in [3.05, 3.63) is 148 Å². The molecule has 0 radical (unpaired) electrons. The Morgan fingerprint density at radius 2 is 1.17 bits per heavy atom. The van der Waals surface area contributed by atoms with Crippen LogP contribution < -0.4 is 0 Å². The van der Waals surface area contributed by atoms with E-state index in [1.54, 1.807) is 6.92 Å². The molecule has 0 aliphatic rings. The number of allylic oxidation sites excluding steroid dienone is 1. The van der Waals surface area contributed by atoms with Crippen LogP contribution in [0.25, 0.3) is 5.57 Å². The second kappa shape index (κ2) is 11.9. The van der Waals surface area contributed by atoms with Crippen LogP contribution in [0.5, 0.6) is 0 Å². The van der Waals surface area contributed by atoms with Crippen molar-refractivity contribution in [2.45, 2.75) is 25.2 Å². The second-order valence-corrected chi connectivity index (χ2v) is 9.55. The first-order chi connectivity index (χ1) is 17.5. The van der Waals surface area contributed by atoms with Gasteiger partial charge in [0.1, 0.15) is 5.78 Å².